The number of carboxylic acid groups (broad SMARTS) is 1. The smallest absolute Gasteiger partial charge is 0.416 e. The quantitative estimate of drug-likeness (QED) is 0.355. The van der Waals surface area contributed by atoms with Crippen LogP contribution in [0.1, 0.15) is 73.1 Å². The van der Waals surface area contributed by atoms with E-state index in [1.807, 2.05) is 43.0 Å². The fourth-order valence-corrected chi connectivity index (χ4v) is 8.30. The van der Waals surface area contributed by atoms with E-state index >= 15 is 4.39 Å². The third-order valence-electron chi connectivity index (χ3n) is 11.1. The van der Waals surface area contributed by atoms with E-state index in [9.17, 15) is 27.9 Å². The van der Waals surface area contributed by atoms with Crippen LogP contribution in [0.25, 0.3) is 0 Å². The molecular formula is C36H45F4N3O4. The third-order valence-corrected chi connectivity index (χ3v) is 11.1. The molecule has 7 nitrogen and oxygen atoms in total. The molecule has 6 rings (SSSR count). The molecule has 2 aromatic carbocycles. The lowest BCUT2D eigenvalue weighted by Gasteiger charge is -2.35. The minimum absolute atomic E-state index is 0.00292. The molecule has 4 saturated heterocycles. The van der Waals surface area contributed by atoms with Crippen LogP contribution in [0.3, 0.4) is 0 Å². The maximum atomic E-state index is 17.6. The normalized spacial score (nSPS) is 28.3. The molecule has 2 aromatic rings. The molecule has 11 heteroatoms. The summed E-state index contributed by atoms with van der Waals surface area (Å²) in [5.41, 5.74) is 0.0590. The summed E-state index contributed by atoms with van der Waals surface area (Å²) in [5.74, 6) is -2.97. The number of halogens is 4. The van der Waals surface area contributed by atoms with Crippen LogP contribution in [0.15, 0.2) is 42.5 Å². The molecule has 1 N–H and O–H groups in total. The molecule has 4 heterocycles. The molecule has 0 spiro atoms. The molecule has 0 aromatic heterocycles. The van der Waals surface area contributed by atoms with Gasteiger partial charge in [-0.2, -0.15) is 13.2 Å². The summed E-state index contributed by atoms with van der Waals surface area (Å²) in [4.78, 5) is 31.6. The molecule has 0 bridgehead atoms. The van der Waals surface area contributed by atoms with Gasteiger partial charge >= 0.3 is 12.1 Å². The van der Waals surface area contributed by atoms with Crippen molar-refractivity contribution in [2.75, 3.05) is 57.4 Å². The van der Waals surface area contributed by atoms with E-state index in [1.54, 1.807) is 4.90 Å². The van der Waals surface area contributed by atoms with E-state index in [1.165, 1.54) is 12.1 Å². The predicted octanol–water partition coefficient (Wildman–Crippen LogP) is 6.25. The highest BCUT2D eigenvalue weighted by Gasteiger charge is 2.57. The Kier molecular flexibility index (Phi) is 9.60. The number of rotatable bonds is 7. The van der Waals surface area contributed by atoms with Crippen LogP contribution >= 0.6 is 0 Å². The summed E-state index contributed by atoms with van der Waals surface area (Å²) in [6.45, 7) is 6.80. The van der Waals surface area contributed by atoms with Crippen molar-refractivity contribution in [2.45, 2.75) is 75.7 Å². The Labute approximate surface area is 273 Å². The number of benzene rings is 2. The molecule has 256 valence electrons. The third kappa shape index (κ3) is 6.75. The van der Waals surface area contributed by atoms with Gasteiger partial charge in [0.1, 0.15) is 0 Å². The van der Waals surface area contributed by atoms with Crippen LogP contribution in [-0.2, 0) is 20.5 Å². The lowest BCUT2D eigenvalue weighted by atomic mass is 9.84. The zero-order valence-corrected chi connectivity index (χ0v) is 27.1. The minimum Gasteiger partial charge on any atom is -0.481 e. The summed E-state index contributed by atoms with van der Waals surface area (Å²) in [7, 11) is 0. The van der Waals surface area contributed by atoms with Gasteiger partial charge in [0.25, 0.3) is 5.91 Å². The molecular weight excluding hydrogens is 614 g/mol. The van der Waals surface area contributed by atoms with Crippen molar-refractivity contribution in [3.05, 3.63) is 64.7 Å². The number of amides is 1. The van der Waals surface area contributed by atoms with Crippen LogP contribution in [0.4, 0.5) is 23.2 Å². The number of anilines is 1. The van der Waals surface area contributed by atoms with Gasteiger partial charge in [0.15, 0.2) is 0 Å². The number of nitrogens with zero attached hydrogens (tertiary/aromatic N) is 3. The van der Waals surface area contributed by atoms with Crippen LogP contribution in [0.2, 0.25) is 0 Å². The molecule has 1 amide bonds. The summed E-state index contributed by atoms with van der Waals surface area (Å²) in [5, 5.41) is 9.48. The number of alkyl halides is 4. The standard InChI is InChI=1S/C36H45F4N3O4/c1-3-24-19-42(20-30(24)29-9-8-27(36(38,39)40)18-32(29)41-14-10-26(11-15-41)33(44)45)34(46)35(37)22-43(28-12-16-47-17-13-28)21-31(35)25-6-4-23(2)5-7-25/h4-9,18,24,26,28,30-31H,3,10-17,19-22H2,1-2H3,(H,44,45)/t24-,30-,31-,35-/m0/s1. The Morgan fingerprint density at radius 1 is 0.979 bits per heavy atom. The number of carboxylic acids is 1. The Morgan fingerprint density at radius 3 is 2.28 bits per heavy atom. The molecule has 4 aliphatic rings. The molecule has 4 atom stereocenters. The molecule has 0 radical (unpaired) electrons. The lowest BCUT2D eigenvalue weighted by molar-refractivity contribution is -0.143. The maximum Gasteiger partial charge on any atom is 0.416 e. The van der Waals surface area contributed by atoms with Crippen molar-refractivity contribution in [2.24, 2.45) is 11.8 Å². The number of ether oxygens (including phenoxy) is 1. The van der Waals surface area contributed by atoms with E-state index in [2.05, 4.69) is 4.90 Å². The number of hydrogen-bond donors (Lipinski definition) is 1. The average molecular weight is 660 g/mol. The highest BCUT2D eigenvalue weighted by atomic mass is 19.4. The van der Waals surface area contributed by atoms with Crippen molar-refractivity contribution >= 4 is 17.6 Å². The van der Waals surface area contributed by atoms with Gasteiger partial charge in [-0.3, -0.25) is 14.5 Å². The fraction of sp³-hybridized carbons (Fsp3) is 0.611. The first kappa shape index (κ1) is 33.7. The maximum absolute atomic E-state index is 17.6. The molecule has 4 fully saturated rings. The first-order valence-corrected chi connectivity index (χ1v) is 16.9. The van der Waals surface area contributed by atoms with Crippen LogP contribution in [-0.4, -0.2) is 91.0 Å². The number of aliphatic carboxylic acids is 1. The first-order chi connectivity index (χ1) is 22.4. The number of carbonyl (C=O) groups is 2. The number of likely N-dealkylation sites (tertiary alicyclic amines) is 2. The Morgan fingerprint density at radius 2 is 1.66 bits per heavy atom. The van der Waals surface area contributed by atoms with Crippen molar-refractivity contribution in [1.82, 2.24) is 9.80 Å². The highest BCUT2D eigenvalue weighted by molar-refractivity contribution is 5.88. The van der Waals surface area contributed by atoms with Gasteiger partial charge in [-0.25, -0.2) is 4.39 Å². The summed E-state index contributed by atoms with van der Waals surface area (Å²) in [6, 6.07) is 11.6. The topological polar surface area (TPSA) is 73.3 Å². The molecule has 0 saturated carbocycles. The van der Waals surface area contributed by atoms with E-state index in [4.69, 9.17) is 4.74 Å². The number of carbonyl (C=O) groups excluding carboxylic acids is 1. The molecule has 0 unspecified atom stereocenters. The van der Waals surface area contributed by atoms with Crippen LogP contribution in [0, 0.1) is 18.8 Å². The number of aryl methyl sites for hydroxylation is 1. The van der Waals surface area contributed by atoms with E-state index in [-0.39, 0.29) is 31.0 Å². The van der Waals surface area contributed by atoms with Crippen LogP contribution < -0.4 is 4.90 Å². The summed E-state index contributed by atoms with van der Waals surface area (Å²) < 4.78 is 64.8. The second-order valence-corrected chi connectivity index (χ2v) is 14.0. The summed E-state index contributed by atoms with van der Waals surface area (Å²) >= 11 is 0. The van der Waals surface area contributed by atoms with E-state index in [0.29, 0.717) is 69.9 Å². The zero-order chi connectivity index (χ0) is 33.5. The second kappa shape index (κ2) is 13.4. The number of piperidine rings is 1. The molecule has 0 aliphatic carbocycles. The van der Waals surface area contributed by atoms with Gasteiger partial charge in [0.2, 0.25) is 5.67 Å². The minimum atomic E-state index is -4.54. The average Bonchev–Trinajstić information content (AvgIpc) is 3.66. The van der Waals surface area contributed by atoms with Gasteiger partial charge in [0.05, 0.1) is 11.5 Å². The molecule has 4 aliphatic heterocycles. The van der Waals surface area contributed by atoms with Gasteiger partial charge in [-0.15, -0.1) is 0 Å². The Balaban J connectivity index is 1.30. The highest BCUT2D eigenvalue weighted by Crippen LogP contribution is 2.47. The Hall–Kier alpha value is -3.18. The predicted molar refractivity (Wildman–Crippen MR) is 170 cm³/mol. The fourth-order valence-electron chi connectivity index (χ4n) is 8.30. The first-order valence-electron chi connectivity index (χ1n) is 16.9. The molecule has 47 heavy (non-hydrogen) atoms. The second-order valence-electron chi connectivity index (χ2n) is 14.0. The van der Waals surface area contributed by atoms with Gasteiger partial charge in [0, 0.05) is 76.0 Å². The Bertz CT molecular complexity index is 1440. The van der Waals surface area contributed by atoms with E-state index < -0.39 is 41.1 Å². The van der Waals surface area contributed by atoms with E-state index in [0.717, 1.165) is 30.0 Å². The van der Waals surface area contributed by atoms with Gasteiger partial charge < -0.3 is 19.6 Å². The largest absolute Gasteiger partial charge is 0.481 e. The zero-order valence-electron chi connectivity index (χ0n) is 27.1. The lowest BCUT2D eigenvalue weighted by Crippen LogP contribution is -2.50. The van der Waals surface area contributed by atoms with Crippen molar-refractivity contribution < 1.29 is 37.0 Å². The van der Waals surface area contributed by atoms with Crippen molar-refractivity contribution in [1.29, 1.82) is 0 Å². The van der Waals surface area contributed by atoms with Gasteiger partial charge in [-0.1, -0.05) is 49.2 Å². The SMILES string of the molecule is CC[C@H]1CN(C(=O)[C@]2(F)CN(C3CCOCC3)C[C@H]2c2ccc(C)cc2)C[C@@H]1c1ccc(C(F)(F)F)cc1N1CCC(C(=O)O)CC1. The monoisotopic (exact) mass is 659 g/mol. The van der Waals surface area contributed by atoms with Crippen molar-refractivity contribution in [3.8, 4) is 0 Å². The van der Waals surface area contributed by atoms with Crippen molar-refractivity contribution in [3.63, 3.8) is 0 Å². The summed E-state index contributed by atoms with van der Waals surface area (Å²) in [6.07, 6.45) is -1.62. The van der Waals surface area contributed by atoms with Crippen LogP contribution in [0.5, 0.6) is 0 Å². The number of hydrogen-bond acceptors (Lipinski definition) is 5. The van der Waals surface area contributed by atoms with Gasteiger partial charge in [-0.05, 0) is 61.8 Å².